The van der Waals surface area contributed by atoms with Gasteiger partial charge >= 0.3 is 0 Å². The van der Waals surface area contributed by atoms with E-state index in [9.17, 15) is 4.79 Å². The maximum Gasteiger partial charge on any atom is 0.256 e. The molecule has 0 unspecified atom stereocenters. The third kappa shape index (κ3) is 3.27. The zero-order chi connectivity index (χ0) is 23.2. The predicted octanol–water partition coefficient (Wildman–Crippen LogP) is 5.00. The van der Waals surface area contributed by atoms with Crippen LogP contribution in [0.5, 0.6) is 0 Å². The molecule has 6 rings (SSSR count). The summed E-state index contributed by atoms with van der Waals surface area (Å²) in [5.74, 6) is -0.0896. The summed E-state index contributed by atoms with van der Waals surface area (Å²) < 4.78 is 0. The lowest BCUT2D eigenvalue weighted by molar-refractivity contribution is 0.0800. The van der Waals surface area contributed by atoms with Crippen molar-refractivity contribution in [2.75, 3.05) is 12.3 Å². The van der Waals surface area contributed by atoms with E-state index in [4.69, 9.17) is 5.73 Å². The van der Waals surface area contributed by atoms with Crippen molar-refractivity contribution in [3.8, 4) is 21.7 Å². The van der Waals surface area contributed by atoms with Gasteiger partial charge in [0.1, 0.15) is 12.0 Å². The topological polar surface area (TPSA) is 101 Å². The van der Waals surface area contributed by atoms with E-state index in [1.807, 2.05) is 29.6 Å². The van der Waals surface area contributed by atoms with Gasteiger partial charge in [0, 0.05) is 30.4 Å². The van der Waals surface area contributed by atoms with E-state index in [0.717, 1.165) is 49.4 Å². The molecule has 4 heterocycles. The molecule has 0 spiro atoms. The number of anilines is 1. The fourth-order valence-electron chi connectivity index (χ4n) is 4.50. The van der Waals surface area contributed by atoms with Gasteiger partial charge in [0.15, 0.2) is 0 Å². The number of hydrogen-bond acceptors (Lipinski definition) is 6. The van der Waals surface area contributed by atoms with Crippen molar-refractivity contribution >= 4 is 39.4 Å². The van der Waals surface area contributed by atoms with E-state index < -0.39 is 0 Å². The van der Waals surface area contributed by atoms with Crippen LogP contribution in [0.3, 0.4) is 0 Å². The maximum absolute atomic E-state index is 13.3. The summed E-state index contributed by atoms with van der Waals surface area (Å²) in [5.41, 5.74) is 13.6. The minimum absolute atomic E-state index is 0.0896. The van der Waals surface area contributed by atoms with Crippen LogP contribution in [-0.2, 0) is 6.54 Å². The number of carbonyl (C=O) groups excluding carboxylic acids is 1. The van der Waals surface area contributed by atoms with Gasteiger partial charge < -0.3 is 10.6 Å². The summed E-state index contributed by atoms with van der Waals surface area (Å²) in [6, 6.07) is 15.9. The molecular weight excluding hydrogens is 444 g/mol. The van der Waals surface area contributed by atoms with Crippen LogP contribution >= 0.6 is 11.3 Å². The number of thiophene rings is 1. The molecule has 0 radical (unpaired) electrons. The monoisotopic (exact) mass is 464 g/mol. The fourth-order valence-corrected chi connectivity index (χ4v) is 5.22. The Morgan fingerprint density at radius 1 is 1.21 bits per heavy atom. The number of H-pyrrole nitrogens is 1. The predicted molar refractivity (Wildman–Crippen MR) is 135 cm³/mol. The van der Waals surface area contributed by atoms with Crippen LogP contribution < -0.4 is 5.73 Å². The van der Waals surface area contributed by atoms with Crippen molar-refractivity contribution in [1.29, 1.82) is 0 Å². The lowest BCUT2D eigenvalue weighted by Crippen LogP contribution is -2.26. The number of nitrogens with two attached hydrogens (primary N) is 1. The number of carbonyl (C=O) groups is 1. The van der Waals surface area contributed by atoms with Crippen molar-refractivity contribution < 1.29 is 4.79 Å². The summed E-state index contributed by atoms with van der Waals surface area (Å²) in [4.78, 5) is 24.4. The molecule has 3 aromatic heterocycles. The Labute approximate surface area is 199 Å². The molecule has 1 aliphatic heterocycles. The number of amides is 1. The molecule has 2 aromatic carbocycles. The standard InChI is InChI=1S/C26H20N6OS/c1-15(21-8-9-28-14-29-21)12-32-13-19-17(5-6-20(27)24(19)26(32)33)16-4-7-22-18(11-16)25(31-30-22)23-3-2-10-34-23/h2-11,14H,1,12-13,27H2,(H,30,31). The molecule has 34 heavy (non-hydrogen) atoms. The third-order valence-corrected chi connectivity index (χ3v) is 7.03. The number of aromatic nitrogens is 4. The molecule has 0 aliphatic carbocycles. The second-order valence-corrected chi connectivity index (χ2v) is 9.17. The SMILES string of the molecule is C=C(CN1Cc2c(-c3ccc4[nH]nc(-c5cccs5)c4c3)ccc(N)c2C1=O)c1ccncn1. The Hall–Kier alpha value is -4.30. The summed E-state index contributed by atoms with van der Waals surface area (Å²) in [6.45, 7) is 4.95. The lowest BCUT2D eigenvalue weighted by Gasteiger charge is -2.17. The largest absolute Gasteiger partial charge is 0.398 e. The molecule has 8 heteroatoms. The van der Waals surface area contributed by atoms with Crippen molar-refractivity contribution in [1.82, 2.24) is 25.1 Å². The van der Waals surface area contributed by atoms with E-state index in [0.29, 0.717) is 24.3 Å². The van der Waals surface area contributed by atoms with E-state index in [1.165, 1.54) is 6.33 Å². The number of rotatable bonds is 5. The van der Waals surface area contributed by atoms with Crippen molar-refractivity contribution in [3.63, 3.8) is 0 Å². The van der Waals surface area contributed by atoms with Gasteiger partial charge in [0.2, 0.25) is 0 Å². The van der Waals surface area contributed by atoms with Crippen LogP contribution in [0.2, 0.25) is 0 Å². The Morgan fingerprint density at radius 2 is 2.12 bits per heavy atom. The molecule has 0 saturated carbocycles. The Kier molecular flexibility index (Phi) is 4.74. The summed E-state index contributed by atoms with van der Waals surface area (Å²) in [6.07, 6.45) is 3.15. The van der Waals surface area contributed by atoms with Gasteiger partial charge in [-0.05, 0) is 58.0 Å². The highest BCUT2D eigenvalue weighted by Gasteiger charge is 2.32. The number of nitrogen functional groups attached to an aromatic ring is 1. The molecule has 1 aliphatic rings. The summed E-state index contributed by atoms with van der Waals surface area (Å²) in [5, 5.41) is 10.7. The second-order valence-electron chi connectivity index (χ2n) is 8.23. The first-order valence-corrected chi connectivity index (χ1v) is 11.7. The number of fused-ring (bicyclic) bond motifs is 2. The number of hydrogen-bond donors (Lipinski definition) is 2. The molecule has 3 N–H and O–H groups in total. The average Bonchev–Trinajstić information content (AvgIpc) is 3.59. The minimum Gasteiger partial charge on any atom is -0.398 e. The summed E-state index contributed by atoms with van der Waals surface area (Å²) in [7, 11) is 0. The van der Waals surface area contributed by atoms with Crippen molar-refractivity contribution in [3.05, 3.63) is 89.8 Å². The van der Waals surface area contributed by atoms with E-state index >= 15 is 0 Å². The molecule has 0 saturated heterocycles. The highest BCUT2D eigenvalue weighted by molar-refractivity contribution is 7.13. The van der Waals surface area contributed by atoms with Crippen LogP contribution in [0, 0.1) is 0 Å². The van der Waals surface area contributed by atoms with Gasteiger partial charge in [-0.25, -0.2) is 9.97 Å². The zero-order valence-corrected chi connectivity index (χ0v) is 19.0. The van der Waals surface area contributed by atoms with Crippen molar-refractivity contribution in [2.45, 2.75) is 6.54 Å². The average molecular weight is 465 g/mol. The van der Waals surface area contributed by atoms with Gasteiger partial charge in [-0.15, -0.1) is 11.3 Å². The quantitative estimate of drug-likeness (QED) is 0.357. The smallest absolute Gasteiger partial charge is 0.256 e. The third-order valence-electron chi connectivity index (χ3n) is 6.15. The van der Waals surface area contributed by atoms with E-state index in [1.54, 1.807) is 28.5 Å². The van der Waals surface area contributed by atoms with Gasteiger partial charge in [0.25, 0.3) is 5.91 Å². The Bertz CT molecular complexity index is 1560. The number of nitrogens with one attached hydrogen (secondary N) is 1. The van der Waals surface area contributed by atoms with Crippen LogP contribution in [0.4, 0.5) is 5.69 Å². The molecule has 0 atom stereocenters. The van der Waals surface area contributed by atoms with Gasteiger partial charge in [0.05, 0.1) is 21.7 Å². The molecule has 166 valence electrons. The lowest BCUT2D eigenvalue weighted by atomic mass is 9.94. The molecule has 1 amide bonds. The van der Waals surface area contributed by atoms with Crippen LogP contribution in [0.15, 0.2) is 73.0 Å². The van der Waals surface area contributed by atoms with E-state index in [-0.39, 0.29) is 5.91 Å². The van der Waals surface area contributed by atoms with E-state index in [2.05, 4.69) is 44.9 Å². The number of aromatic amines is 1. The fraction of sp³-hybridized carbons (Fsp3) is 0.0769. The number of nitrogens with zero attached hydrogens (tertiary/aromatic N) is 4. The first kappa shape index (κ1) is 20.3. The van der Waals surface area contributed by atoms with Crippen molar-refractivity contribution in [2.24, 2.45) is 0 Å². The Balaban J connectivity index is 1.39. The Morgan fingerprint density at radius 3 is 2.91 bits per heavy atom. The van der Waals surface area contributed by atoms with Gasteiger partial charge in [-0.1, -0.05) is 24.8 Å². The first-order chi connectivity index (χ1) is 16.6. The highest BCUT2D eigenvalue weighted by atomic mass is 32.1. The molecule has 0 fully saturated rings. The van der Waals surface area contributed by atoms with Gasteiger partial charge in [-0.2, -0.15) is 5.10 Å². The minimum atomic E-state index is -0.0896. The maximum atomic E-state index is 13.3. The second kappa shape index (κ2) is 7.93. The molecule has 5 aromatic rings. The molecular formula is C26H20N6OS. The van der Waals surface area contributed by atoms with Crippen LogP contribution in [-0.4, -0.2) is 37.5 Å². The highest BCUT2D eigenvalue weighted by Crippen LogP contribution is 2.39. The summed E-state index contributed by atoms with van der Waals surface area (Å²) >= 11 is 1.66. The molecule has 7 nitrogen and oxygen atoms in total. The molecule has 0 bridgehead atoms. The first-order valence-electron chi connectivity index (χ1n) is 10.8. The van der Waals surface area contributed by atoms with Crippen LogP contribution in [0.25, 0.3) is 38.2 Å². The number of benzene rings is 2. The van der Waals surface area contributed by atoms with Crippen LogP contribution in [0.1, 0.15) is 21.6 Å². The zero-order valence-electron chi connectivity index (χ0n) is 18.2. The normalized spacial score (nSPS) is 12.9. The van der Waals surface area contributed by atoms with Gasteiger partial charge in [-0.3, -0.25) is 9.89 Å².